The second-order valence-electron chi connectivity index (χ2n) is 4.48. The number of aliphatic carboxylic acids is 1. The highest BCUT2D eigenvalue weighted by atomic mass is 35.5. The summed E-state index contributed by atoms with van der Waals surface area (Å²) in [6.45, 7) is 2.36. The minimum Gasteiger partial charge on any atom is -0.480 e. The fraction of sp³-hybridized carbons (Fsp3) is 0.385. The Balaban J connectivity index is 2.28. The van der Waals surface area contributed by atoms with Crippen LogP contribution in [0.5, 0.6) is 0 Å². The van der Waals surface area contributed by atoms with E-state index in [0.29, 0.717) is 30.0 Å². The highest BCUT2D eigenvalue weighted by Gasteiger charge is 2.34. The first-order valence-corrected chi connectivity index (χ1v) is 6.18. The second kappa shape index (κ2) is 4.98. The monoisotopic (exact) mass is 267 g/mol. The molecule has 0 aromatic heterocycles. The van der Waals surface area contributed by atoms with Gasteiger partial charge in [0.05, 0.1) is 10.6 Å². The molecule has 1 fully saturated rings. The van der Waals surface area contributed by atoms with E-state index in [2.05, 4.69) is 0 Å². The van der Waals surface area contributed by atoms with Crippen molar-refractivity contribution >= 4 is 23.5 Å². The number of carbonyl (C=O) groups is 2. The third-order valence-electron chi connectivity index (χ3n) is 3.15. The van der Waals surface area contributed by atoms with Crippen molar-refractivity contribution in [3.8, 4) is 0 Å². The van der Waals surface area contributed by atoms with Gasteiger partial charge in [-0.05, 0) is 37.5 Å². The van der Waals surface area contributed by atoms with Crippen LogP contribution in [0.25, 0.3) is 0 Å². The fourth-order valence-corrected chi connectivity index (χ4v) is 2.53. The van der Waals surface area contributed by atoms with Gasteiger partial charge in [-0.15, -0.1) is 0 Å². The average Bonchev–Trinajstić information content (AvgIpc) is 2.77. The zero-order chi connectivity index (χ0) is 13.3. The van der Waals surface area contributed by atoms with Gasteiger partial charge in [0, 0.05) is 6.54 Å². The highest BCUT2D eigenvalue weighted by molar-refractivity contribution is 6.34. The summed E-state index contributed by atoms with van der Waals surface area (Å²) in [7, 11) is 0. The maximum absolute atomic E-state index is 12.3. The molecule has 0 radical (unpaired) electrons. The lowest BCUT2D eigenvalue weighted by molar-refractivity contribution is -0.141. The summed E-state index contributed by atoms with van der Waals surface area (Å²) in [6.07, 6.45) is 1.22. The van der Waals surface area contributed by atoms with E-state index in [1.165, 1.54) is 4.90 Å². The van der Waals surface area contributed by atoms with Gasteiger partial charge in [-0.2, -0.15) is 0 Å². The fourth-order valence-electron chi connectivity index (χ4n) is 2.21. The molecule has 0 bridgehead atoms. The molecule has 1 aliphatic rings. The molecular formula is C13H14ClNO3. The lowest BCUT2D eigenvalue weighted by Gasteiger charge is -2.22. The Morgan fingerprint density at radius 2 is 2.17 bits per heavy atom. The maximum atomic E-state index is 12.3. The number of hydrogen-bond donors (Lipinski definition) is 1. The van der Waals surface area contributed by atoms with Crippen molar-refractivity contribution in [2.45, 2.75) is 25.8 Å². The average molecular weight is 268 g/mol. The van der Waals surface area contributed by atoms with Crippen molar-refractivity contribution in [2.75, 3.05) is 6.54 Å². The van der Waals surface area contributed by atoms with Gasteiger partial charge < -0.3 is 10.0 Å². The standard InChI is InChI=1S/C13H14ClNO3/c1-8-4-5-9(10(14)7-8)12(16)15-6-2-3-11(15)13(17)18/h4-5,7,11H,2-3,6H2,1H3,(H,17,18). The Morgan fingerprint density at radius 1 is 1.44 bits per heavy atom. The molecule has 18 heavy (non-hydrogen) atoms. The summed E-state index contributed by atoms with van der Waals surface area (Å²) >= 11 is 6.04. The van der Waals surface area contributed by atoms with Crippen molar-refractivity contribution in [3.05, 3.63) is 34.3 Å². The third kappa shape index (κ3) is 2.34. The molecule has 1 aliphatic heterocycles. The summed E-state index contributed by atoms with van der Waals surface area (Å²) in [4.78, 5) is 24.7. The third-order valence-corrected chi connectivity index (χ3v) is 3.47. The lowest BCUT2D eigenvalue weighted by Crippen LogP contribution is -2.40. The van der Waals surface area contributed by atoms with Gasteiger partial charge in [-0.3, -0.25) is 4.79 Å². The first-order valence-electron chi connectivity index (χ1n) is 5.80. The molecule has 0 spiro atoms. The Labute approximate surface area is 110 Å². The maximum Gasteiger partial charge on any atom is 0.326 e. The number of aryl methyl sites for hydroxylation is 1. The van der Waals surface area contributed by atoms with Gasteiger partial charge in [0.25, 0.3) is 5.91 Å². The molecule has 1 heterocycles. The van der Waals surface area contributed by atoms with Crippen LogP contribution in [0.1, 0.15) is 28.8 Å². The van der Waals surface area contributed by atoms with Gasteiger partial charge in [0.2, 0.25) is 0 Å². The SMILES string of the molecule is Cc1ccc(C(=O)N2CCCC2C(=O)O)c(Cl)c1. The normalized spacial score (nSPS) is 19.0. The van der Waals surface area contributed by atoms with Gasteiger partial charge in [0.15, 0.2) is 0 Å². The predicted octanol–water partition coefficient (Wildman–Crippen LogP) is 2.34. The van der Waals surface area contributed by atoms with Crippen LogP contribution in [0.2, 0.25) is 5.02 Å². The Bertz CT molecular complexity index is 501. The zero-order valence-electron chi connectivity index (χ0n) is 10.0. The van der Waals surface area contributed by atoms with E-state index in [9.17, 15) is 9.59 Å². The number of nitrogens with zero attached hydrogens (tertiary/aromatic N) is 1. The minimum absolute atomic E-state index is 0.301. The van der Waals surface area contributed by atoms with Gasteiger partial charge >= 0.3 is 5.97 Å². The molecule has 1 aromatic rings. The van der Waals surface area contributed by atoms with Crippen LogP contribution >= 0.6 is 11.6 Å². The van der Waals surface area contributed by atoms with Crippen LogP contribution in [-0.4, -0.2) is 34.5 Å². The van der Waals surface area contributed by atoms with Crippen molar-refractivity contribution < 1.29 is 14.7 Å². The zero-order valence-corrected chi connectivity index (χ0v) is 10.8. The highest BCUT2D eigenvalue weighted by Crippen LogP contribution is 2.24. The Kier molecular flexibility index (Phi) is 3.57. The number of amides is 1. The van der Waals surface area contributed by atoms with E-state index in [4.69, 9.17) is 16.7 Å². The predicted molar refractivity (Wildman–Crippen MR) is 67.9 cm³/mol. The van der Waals surface area contributed by atoms with Crippen molar-refractivity contribution in [2.24, 2.45) is 0 Å². The van der Waals surface area contributed by atoms with Crippen LogP contribution in [0, 0.1) is 6.92 Å². The first-order chi connectivity index (χ1) is 8.50. The molecule has 4 nitrogen and oxygen atoms in total. The Hall–Kier alpha value is -1.55. The molecule has 1 atom stereocenters. The first kappa shape index (κ1) is 12.9. The number of carbonyl (C=O) groups excluding carboxylic acids is 1. The van der Waals surface area contributed by atoms with E-state index in [0.717, 1.165) is 5.56 Å². The van der Waals surface area contributed by atoms with E-state index in [-0.39, 0.29) is 5.91 Å². The molecule has 5 heteroatoms. The molecule has 1 aromatic carbocycles. The summed E-state index contributed by atoms with van der Waals surface area (Å²) in [5.41, 5.74) is 1.34. The van der Waals surface area contributed by atoms with E-state index in [1.807, 2.05) is 6.92 Å². The van der Waals surface area contributed by atoms with Crippen LogP contribution in [0.3, 0.4) is 0 Å². The molecule has 1 amide bonds. The summed E-state index contributed by atoms with van der Waals surface area (Å²) < 4.78 is 0. The molecule has 2 rings (SSSR count). The van der Waals surface area contributed by atoms with Crippen molar-refractivity contribution in [1.29, 1.82) is 0 Å². The number of rotatable bonds is 2. The number of carboxylic acid groups (broad SMARTS) is 1. The number of carboxylic acids is 1. The summed E-state index contributed by atoms with van der Waals surface area (Å²) in [6, 6.07) is 4.43. The van der Waals surface area contributed by atoms with Gasteiger partial charge in [-0.1, -0.05) is 17.7 Å². The van der Waals surface area contributed by atoms with E-state index >= 15 is 0 Å². The van der Waals surface area contributed by atoms with Crippen LogP contribution < -0.4 is 0 Å². The van der Waals surface area contributed by atoms with E-state index in [1.54, 1.807) is 18.2 Å². The molecular weight excluding hydrogens is 254 g/mol. The van der Waals surface area contributed by atoms with E-state index < -0.39 is 12.0 Å². The molecule has 96 valence electrons. The number of benzene rings is 1. The van der Waals surface area contributed by atoms with Crippen molar-refractivity contribution in [1.82, 2.24) is 4.90 Å². The number of hydrogen-bond acceptors (Lipinski definition) is 2. The smallest absolute Gasteiger partial charge is 0.326 e. The van der Waals surface area contributed by atoms with Crippen LogP contribution in [-0.2, 0) is 4.79 Å². The second-order valence-corrected chi connectivity index (χ2v) is 4.89. The van der Waals surface area contributed by atoms with Crippen molar-refractivity contribution in [3.63, 3.8) is 0 Å². The summed E-state index contributed by atoms with van der Waals surface area (Å²) in [5.74, 6) is -1.26. The molecule has 0 saturated carbocycles. The summed E-state index contributed by atoms with van der Waals surface area (Å²) in [5, 5.41) is 9.44. The van der Waals surface area contributed by atoms with Crippen LogP contribution in [0.15, 0.2) is 18.2 Å². The Morgan fingerprint density at radius 3 is 2.78 bits per heavy atom. The minimum atomic E-state index is -0.955. The molecule has 1 saturated heterocycles. The number of likely N-dealkylation sites (tertiary alicyclic amines) is 1. The van der Waals surface area contributed by atoms with Crippen LogP contribution in [0.4, 0.5) is 0 Å². The van der Waals surface area contributed by atoms with Gasteiger partial charge in [-0.25, -0.2) is 4.79 Å². The molecule has 1 unspecified atom stereocenters. The largest absolute Gasteiger partial charge is 0.480 e. The number of halogens is 1. The lowest BCUT2D eigenvalue weighted by atomic mass is 10.1. The topological polar surface area (TPSA) is 57.6 Å². The van der Waals surface area contributed by atoms with Gasteiger partial charge in [0.1, 0.15) is 6.04 Å². The quantitative estimate of drug-likeness (QED) is 0.895. The molecule has 1 N–H and O–H groups in total. The molecule has 0 aliphatic carbocycles.